The Balaban J connectivity index is 2.04. The van der Waals surface area contributed by atoms with Crippen molar-refractivity contribution in [1.29, 1.82) is 0 Å². The molecule has 0 aromatic heterocycles. The SMILES string of the molecule is NC(=O)C1CCCN1C(=O)Nc1ccc([N+](=O)[O-])cc1. The van der Waals surface area contributed by atoms with Gasteiger partial charge in [0.05, 0.1) is 4.92 Å². The summed E-state index contributed by atoms with van der Waals surface area (Å²) in [7, 11) is 0. The van der Waals surface area contributed by atoms with Gasteiger partial charge in [-0.15, -0.1) is 0 Å². The summed E-state index contributed by atoms with van der Waals surface area (Å²) in [4.78, 5) is 34.6. The average molecular weight is 278 g/mol. The molecule has 106 valence electrons. The number of amides is 3. The molecule has 0 aliphatic carbocycles. The first-order chi connectivity index (χ1) is 9.49. The van der Waals surface area contributed by atoms with E-state index in [9.17, 15) is 19.7 Å². The fraction of sp³-hybridized carbons (Fsp3) is 0.333. The van der Waals surface area contributed by atoms with Gasteiger partial charge in [0.25, 0.3) is 5.69 Å². The summed E-state index contributed by atoms with van der Waals surface area (Å²) in [6, 6.07) is 4.45. The van der Waals surface area contributed by atoms with E-state index in [2.05, 4.69) is 5.32 Å². The largest absolute Gasteiger partial charge is 0.368 e. The number of nitro benzene ring substituents is 1. The minimum absolute atomic E-state index is 0.0563. The van der Waals surface area contributed by atoms with Gasteiger partial charge in [0, 0.05) is 24.4 Å². The Morgan fingerprint density at radius 2 is 2.00 bits per heavy atom. The zero-order valence-electron chi connectivity index (χ0n) is 10.6. The van der Waals surface area contributed by atoms with Gasteiger partial charge in [-0.2, -0.15) is 0 Å². The minimum atomic E-state index is -0.590. The summed E-state index contributed by atoms with van der Waals surface area (Å²) in [6.07, 6.45) is 1.28. The van der Waals surface area contributed by atoms with Crippen LogP contribution in [-0.4, -0.2) is 34.3 Å². The van der Waals surface area contributed by atoms with Crippen LogP contribution in [0.4, 0.5) is 16.2 Å². The highest BCUT2D eigenvalue weighted by Gasteiger charge is 2.32. The van der Waals surface area contributed by atoms with Crippen LogP contribution in [0.3, 0.4) is 0 Å². The number of nitrogens with two attached hydrogens (primary N) is 1. The normalized spacial score (nSPS) is 17.8. The molecule has 3 amide bonds. The van der Waals surface area contributed by atoms with Gasteiger partial charge >= 0.3 is 6.03 Å². The van der Waals surface area contributed by atoms with Crippen molar-refractivity contribution in [1.82, 2.24) is 4.90 Å². The van der Waals surface area contributed by atoms with E-state index in [1.54, 1.807) is 0 Å². The van der Waals surface area contributed by atoms with Crippen LogP contribution in [0.25, 0.3) is 0 Å². The van der Waals surface area contributed by atoms with Gasteiger partial charge < -0.3 is 16.0 Å². The molecular weight excluding hydrogens is 264 g/mol. The lowest BCUT2D eigenvalue weighted by molar-refractivity contribution is -0.384. The van der Waals surface area contributed by atoms with Crippen molar-refractivity contribution >= 4 is 23.3 Å². The number of hydrogen-bond acceptors (Lipinski definition) is 4. The Labute approximate surface area is 114 Å². The standard InChI is InChI=1S/C12H14N4O4/c13-11(17)10-2-1-7-15(10)12(18)14-8-3-5-9(6-4-8)16(19)20/h3-6,10H,1-2,7H2,(H2,13,17)(H,14,18). The van der Waals surface area contributed by atoms with Crippen molar-refractivity contribution in [3.05, 3.63) is 34.4 Å². The molecule has 20 heavy (non-hydrogen) atoms. The topological polar surface area (TPSA) is 119 Å². The van der Waals surface area contributed by atoms with Crippen LogP contribution in [0.2, 0.25) is 0 Å². The molecule has 1 saturated heterocycles. The maximum Gasteiger partial charge on any atom is 0.322 e. The molecule has 0 saturated carbocycles. The van der Waals surface area contributed by atoms with Crippen molar-refractivity contribution in [3.63, 3.8) is 0 Å². The molecule has 1 aliphatic rings. The van der Waals surface area contributed by atoms with E-state index < -0.39 is 22.9 Å². The average Bonchev–Trinajstić information content (AvgIpc) is 2.88. The number of nitrogens with one attached hydrogen (secondary N) is 1. The molecule has 1 unspecified atom stereocenters. The Morgan fingerprint density at radius 1 is 1.35 bits per heavy atom. The fourth-order valence-corrected chi connectivity index (χ4v) is 2.17. The number of likely N-dealkylation sites (tertiary alicyclic amines) is 1. The van der Waals surface area contributed by atoms with Crippen LogP contribution in [-0.2, 0) is 4.79 Å². The van der Waals surface area contributed by atoms with Crippen LogP contribution in [0.5, 0.6) is 0 Å². The van der Waals surface area contributed by atoms with E-state index in [4.69, 9.17) is 5.73 Å². The third-order valence-corrected chi connectivity index (χ3v) is 3.17. The molecule has 0 bridgehead atoms. The first-order valence-corrected chi connectivity index (χ1v) is 6.10. The Hall–Kier alpha value is -2.64. The van der Waals surface area contributed by atoms with Crippen LogP contribution in [0.1, 0.15) is 12.8 Å². The maximum absolute atomic E-state index is 12.0. The van der Waals surface area contributed by atoms with Gasteiger partial charge in [0.2, 0.25) is 5.91 Å². The predicted molar refractivity (Wildman–Crippen MR) is 71.0 cm³/mol. The molecule has 1 fully saturated rings. The smallest absolute Gasteiger partial charge is 0.322 e. The number of anilines is 1. The quantitative estimate of drug-likeness (QED) is 0.635. The lowest BCUT2D eigenvalue weighted by atomic mass is 10.2. The molecule has 1 aromatic carbocycles. The second-order valence-electron chi connectivity index (χ2n) is 4.49. The molecule has 1 aliphatic heterocycles. The van der Waals surface area contributed by atoms with Crippen molar-refractivity contribution in [2.75, 3.05) is 11.9 Å². The van der Waals surface area contributed by atoms with Gasteiger partial charge in [-0.05, 0) is 25.0 Å². The number of primary amides is 1. The number of benzene rings is 1. The fourth-order valence-electron chi connectivity index (χ4n) is 2.17. The van der Waals surface area contributed by atoms with E-state index in [0.29, 0.717) is 18.7 Å². The minimum Gasteiger partial charge on any atom is -0.368 e. The summed E-state index contributed by atoms with van der Waals surface area (Å²) in [6.45, 7) is 0.465. The summed E-state index contributed by atoms with van der Waals surface area (Å²) in [5.74, 6) is -0.527. The second kappa shape index (κ2) is 5.55. The summed E-state index contributed by atoms with van der Waals surface area (Å²) >= 11 is 0. The van der Waals surface area contributed by atoms with Gasteiger partial charge in [-0.1, -0.05) is 0 Å². The molecule has 3 N–H and O–H groups in total. The number of carbonyl (C=O) groups excluding carboxylic acids is 2. The number of nitrogens with zero attached hydrogens (tertiary/aromatic N) is 2. The third kappa shape index (κ3) is 2.85. The zero-order valence-corrected chi connectivity index (χ0v) is 10.6. The highest BCUT2D eigenvalue weighted by atomic mass is 16.6. The molecular formula is C12H14N4O4. The monoisotopic (exact) mass is 278 g/mol. The van der Waals surface area contributed by atoms with Crippen molar-refractivity contribution in [2.45, 2.75) is 18.9 Å². The third-order valence-electron chi connectivity index (χ3n) is 3.17. The van der Waals surface area contributed by atoms with Crippen molar-refractivity contribution in [2.24, 2.45) is 5.73 Å². The van der Waals surface area contributed by atoms with Crippen molar-refractivity contribution < 1.29 is 14.5 Å². The molecule has 1 heterocycles. The van der Waals surface area contributed by atoms with E-state index >= 15 is 0 Å². The van der Waals surface area contributed by atoms with Gasteiger partial charge in [0.15, 0.2) is 0 Å². The van der Waals surface area contributed by atoms with Crippen LogP contribution < -0.4 is 11.1 Å². The van der Waals surface area contributed by atoms with Crippen LogP contribution in [0.15, 0.2) is 24.3 Å². The maximum atomic E-state index is 12.0. The van der Waals surface area contributed by atoms with Gasteiger partial charge in [0.1, 0.15) is 6.04 Å². The molecule has 1 aromatic rings. The Kier molecular flexibility index (Phi) is 3.83. The van der Waals surface area contributed by atoms with Crippen LogP contribution in [0, 0.1) is 10.1 Å². The summed E-state index contributed by atoms with van der Waals surface area (Å²) < 4.78 is 0. The first kappa shape index (κ1) is 13.8. The van der Waals surface area contributed by atoms with E-state index in [1.165, 1.54) is 29.2 Å². The highest BCUT2D eigenvalue weighted by Crippen LogP contribution is 2.20. The zero-order chi connectivity index (χ0) is 14.7. The predicted octanol–water partition coefficient (Wildman–Crippen LogP) is 1.08. The van der Waals surface area contributed by atoms with Gasteiger partial charge in [-0.25, -0.2) is 4.79 Å². The van der Waals surface area contributed by atoms with E-state index in [0.717, 1.165) is 6.42 Å². The highest BCUT2D eigenvalue weighted by molar-refractivity contribution is 5.93. The molecule has 8 nitrogen and oxygen atoms in total. The lowest BCUT2D eigenvalue weighted by Gasteiger charge is -2.22. The molecule has 0 spiro atoms. The number of urea groups is 1. The summed E-state index contributed by atoms with van der Waals surface area (Å²) in [5.41, 5.74) is 5.61. The van der Waals surface area contributed by atoms with E-state index in [-0.39, 0.29) is 5.69 Å². The number of nitro groups is 1. The molecule has 8 heteroatoms. The van der Waals surface area contributed by atoms with Crippen molar-refractivity contribution in [3.8, 4) is 0 Å². The number of carbonyl (C=O) groups is 2. The number of rotatable bonds is 3. The molecule has 0 radical (unpaired) electrons. The number of non-ortho nitro benzene ring substituents is 1. The van der Waals surface area contributed by atoms with Gasteiger partial charge in [-0.3, -0.25) is 14.9 Å². The Bertz CT molecular complexity index is 543. The first-order valence-electron chi connectivity index (χ1n) is 6.10. The molecule has 2 rings (SSSR count). The summed E-state index contributed by atoms with van der Waals surface area (Å²) in [5, 5.41) is 13.1. The van der Waals surface area contributed by atoms with E-state index in [1.807, 2.05) is 0 Å². The molecule has 1 atom stereocenters. The van der Waals surface area contributed by atoms with Crippen LogP contribution >= 0.6 is 0 Å². The second-order valence-corrected chi connectivity index (χ2v) is 4.49. The Morgan fingerprint density at radius 3 is 2.55 bits per heavy atom. The lowest BCUT2D eigenvalue weighted by Crippen LogP contribution is -2.45. The number of hydrogen-bond donors (Lipinski definition) is 2.